The van der Waals surface area contributed by atoms with Gasteiger partial charge in [-0.2, -0.15) is 4.98 Å². The summed E-state index contributed by atoms with van der Waals surface area (Å²) in [6.45, 7) is 2.87. The highest BCUT2D eigenvalue weighted by molar-refractivity contribution is 5.37. The van der Waals surface area contributed by atoms with E-state index in [1.807, 2.05) is 0 Å². The van der Waals surface area contributed by atoms with Crippen molar-refractivity contribution in [2.45, 2.75) is 6.04 Å². The number of hydrogen-bond donors (Lipinski definition) is 3. The molecule has 1 unspecified atom stereocenters. The average Bonchev–Trinajstić information content (AvgIpc) is 2.16. The van der Waals surface area contributed by atoms with E-state index in [-0.39, 0.29) is 12.0 Å². The lowest BCUT2D eigenvalue weighted by Gasteiger charge is -2.32. The van der Waals surface area contributed by atoms with Gasteiger partial charge in [-0.05, 0) is 7.05 Å². The molecule has 6 nitrogen and oxygen atoms in total. The summed E-state index contributed by atoms with van der Waals surface area (Å²) in [5, 5.41) is 3.32. The second-order valence-corrected chi connectivity index (χ2v) is 3.78. The van der Waals surface area contributed by atoms with Crippen LogP contribution in [0.15, 0.2) is 6.07 Å². The normalized spacial score (nSPS) is 22.9. The fourth-order valence-electron chi connectivity index (χ4n) is 1.81. The number of nitrogens with zero attached hydrogens (tertiary/aromatic N) is 3. The van der Waals surface area contributed by atoms with Crippen LogP contribution in [-0.2, 0) is 0 Å². The lowest BCUT2D eigenvalue weighted by Crippen LogP contribution is -2.44. The summed E-state index contributed by atoms with van der Waals surface area (Å²) in [6.07, 6.45) is 0. The van der Waals surface area contributed by atoms with Gasteiger partial charge in [0.05, 0.1) is 11.7 Å². The van der Waals surface area contributed by atoms with Gasteiger partial charge in [-0.3, -0.25) is 4.90 Å². The standard InChI is InChI=1S/C9H16N6/c1-15-3-2-12-5-7(15)6-4-8(10)14-9(11)13-6/h4,7,12H,2-3,5H2,1H3,(H4,10,11,13,14). The molecule has 2 rings (SSSR count). The van der Waals surface area contributed by atoms with E-state index < -0.39 is 0 Å². The molecule has 0 aromatic carbocycles. The van der Waals surface area contributed by atoms with Gasteiger partial charge < -0.3 is 16.8 Å². The molecule has 1 aliphatic rings. The minimum absolute atomic E-state index is 0.228. The molecular formula is C9H16N6. The highest BCUT2D eigenvalue weighted by Gasteiger charge is 2.22. The van der Waals surface area contributed by atoms with E-state index in [1.54, 1.807) is 6.07 Å². The summed E-state index contributed by atoms with van der Waals surface area (Å²) >= 11 is 0. The fraction of sp³-hybridized carbons (Fsp3) is 0.556. The van der Waals surface area contributed by atoms with E-state index in [0.717, 1.165) is 25.3 Å². The maximum atomic E-state index is 5.64. The van der Waals surface area contributed by atoms with Crippen LogP contribution in [0.5, 0.6) is 0 Å². The van der Waals surface area contributed by atoms with Crippen molar-refractivity contribution >= 4 is 11.8 Å². The van der Waals surface area contributed by atoms with Gasteiger partial charge in [0.2, 0.25) is 5.95 Å². The molecule has 0 radical (unpaired) electrons. The van der Waals surface area contributed by atoms with Crippen molar-refractivity contribution in [2.24, 2.45) is 0 Å². The Morgan fingerprint density at radius 2 is 2.27 bits per heavy atom. The van der Waals surface area contributed by atoms with Crippen LogP contribution in [0, 0.1) is 0 Å². The lowest BCUT2D eigenvalue weighted by molar-refractivity contribution is 0.198. The number of piperazine rings is 1. The number of likely N-dealkylation sites (N-methyl/N-ethyl adjacent to an activating group) is 1. The third kappa shape index (κ3) is 2.16. The van der Waals surface area contributed by atoms with Crippen molar-refractivity contribution in [2.75, 3.05) is 38.1 Å². The largest absolute Gasteiger partial charge is 0.384 e. The van der Waals surface area contributed by atoms with E-state index in [1.165, 1.54) is 0 Å². The number of aromatic nitrogens is 2. The third-order valence-electron chi connectivity index (χ3n) is 2.64. The number of nitrogen functional groups attached to an aromatic ring is 2. The van der Waals surface area contributed by atoms with Crippen molar-refractivity contribution in [1.82, 2.24) is 20.2 Å². The van der Waals surface area contributed by atoms with Gasteiger partial charge in [-0.25, -0.2) is 4.98 Å². The summed E-state index contributed by atoms with van der Waals surface area (Å²) in [5.74, 6) is 0.667. The van der Waals surface area contributed by atoms with Gasteiger partial charge in [-0.15, -0.1) is 0 Å². The van der Waals surface area contributed by atoms with Crippen molar-refractivity contribution in [3.63, 3.8) is 0 Å². The van der Waals surface area contributed by atoms with E-state index in [9.17, 15) is 0 Å². The summed E-state index contributed by atoms with van der Waals surface area (Å²) in [5.41, 5.74) is 12.1. The first kappa shape index (κ1) is 10.1. The molecule has 0 spiro atoms. The van der Waals surface area contributed by atoms with Crippen LogP contribution >= 0.6 is 0 Å². The van der Waals surface area contributed by atoms with Crippen molar-refractivity contribution in [3.8, 4) is 0 Å². The molecule has 1 saturated heterocycles. The zero-order valence-corrected chi connectivity index (χ0v) is 8.77. The topological polar surface area (TPSA) is 93.1 Å². The minimum Gasteiger partial charge on any atom is -0.384 e. The Hall–Kier alpha value is -1.40. The zero-order chi connectivity index (χ0) is 10.8. The maximum Gasteiger partial charge on any atom is 0.222 e. The van der Waals surface area contributed by atoms with Gasteiger partial charge in [0.25, 0.3) is 0 Å². The van der Waals surface area contributed by atoms with Crippen LogP contribution in [0.25, 0.3) is 0 Å². The Labute approximate surface area is 88.7 Å². The molecule has 0 aliphatic carbocycles. The SMILES string of the molecule is CN1CCNCC1c1cc(N)nc(N)n1. The van der Waals surface area contributed by atoms with E-state index in [0.29, 0.717) is 5.82 Å². The maximum absolute atomic E-state index is 5.64. The highest BCUT2D eigenvalue weighted by atomic mass is 15.2. The van der Waals surface area contributed by atoms with Crippen LogP contribution in [0.4, 0.5) is 11.8 Å². The number of nitrogens with two attached hydrogens (primary N) is 2. The Balaban J connectivity index is 2.27. The molecule has 1 atom stereocenters. The van der Waals surface area contributed by atoms with Crippen LogP contribution in [-0.4, -0.2) is 41.5 Å². The highest BCUT2D eigenvalue weighted by Crippen LogP contribution is 2.20. The second-order valence-electron chi connectivity index (χ2n) is 3.78. The van der Waals surface area contributed by atoms with Crippen LogP contribution in [0.3, 0.4) is 0 Å². The first-order chi connectivity index (χ1) is 7.16. The van der Waals surface area contributed by atoms with Gasteiger partial charge in [-0.1, -0.05) is 0 Å². The second kappa shape index (κ2) is 4.00. The Bertz CT molecular complexity index is 332. The van der Waals surface area contributed by atoms with Crippen molar-refractivity contribution < 1.29 is 0 Å². The Morgan fingerprint density at radius 3 is 2.93 bits per heavy atom. The minimum atomic E-state index is 0.228. The van der Waals surface area contributed by atoms with Gasteiger partial charge in [0.15, 0.2) is 0 Å². The fourth-order valence-corrected chi connectivity index (χ4v) is 1.81. The molecule has 2 heterocycles. The molecule has 1 aromatic rings. The summed E-state index contributed by atoms with van der Waals surface area (Å²) in [7, 11) is 2.07. The Morgan fingerprint density at radius 1 is 1.47 bits per heavy atom. The van der Waals surface area contributed by atoms with Crippen LogP contribution in [0.1, 0.15) is 11.7 Å². The first-order valence-corrected chi connectivity index (χ1v) is 4.97. The molecule has 1 aromatic heterocycles. The lowest BCUT2D eigenvalue weighted by atomic mass is 10.1. The summed E-state index contributed by atoms with van der Waals surface area (Å²) < 4.78 is 0. The molecule has 1 fully saturated rings. The van der Waals surface area contributed by atoms with E-state index in [2.05, 4.69) is 27.2 Å². The number of hydrogen-bond acceptors (Lipinski definition) is 6. The molecular weight excluding hydrogens is 192 g/mol. The average molecular weight is 208 g/mol. The van der Waals surface area contributed by atoms with Crippen LogP contribution in [0.2, 0.25) is 0 Å². The third-order valence-corrected chi connectivity index (χ3v) is 2.64. The molecule has 0 bridgehead atoms. The molecule has 82 valence electrons. The Kier molecular flexibility index (Phi) is 2.70. The molecule has 6 heteroatoms. The molecule has 0 amide bonds. The smallest absolute Gasteiger partial charge is 0.222 e. The van der Waals surface area contributed by atoms with Crippen LogP contribution < -0.4 is 16.8 Å². The van der Waals surface area contributed by atoms with E-state index in [4.69, 9.17) is 11.5 Å². The first-order valence-electron chi connectivity index (χ1n) is 4.97. The molecule has 15 heavy (non-hydrogen) atoms. The van der Waals surface area contributed by atoms with Gasteiger partial charge in [0.1, 0.15) is 5.82 Å². The number of nitrogens with one attached hydrogen (secondary N) is 1. The monoisotopic (exact) mass is 208 g/mol. The zero-order valence-electron chi connectivity index (χ0n) is 8.77. The molecule has 1 aliphatic heterocycles. The predicted octanol–water partition coefficient (Wildman–Crippen LogP) is -0.783. The number of rotatable bonds is 1. The predicted molar refractivity (Wildman–Crippen MR) is 59.1 cm³/mol. The van der Waals surface area contributed by atoms with Crippen molar-refractivity contribution in [1.29, 1.82) is 0 Å². The summed E-state index contributed by atoms with van der Waals surface area (Å²) in [4.78, 5) is 10.3. The van der Waals surface area contributed by atoms with Gasteiger partial charge in [0, 0.05) is 25.7 Å². The van der Waals surface area contributed by atoms with E-state index >= 15 is 0 Å². The number of anilines is 2. The summed E-state index contributed by atoms with van der Waals surface area (Å²) in [6, 6.07) is 2.01. The van der Waals surface area contributed by atoms with Crippen molar-refractivity contribution in [3.05, 3.63) is 11.8 Å². The molecule has 0 saturated carbocycles. The van der Waals surface area contributed by atoms with Gasteiger partial charge >= 0.3 is 0 Å². The molecule has 5 N–H and O–H groups in total. The quantitative estimate of drug-likeness (QED) is 0.560.